The Kier molecular flexibility index (Phi) is 3.90. The highest BCUT2D eigenvalue weighted by atomic mass is 16.6. The first-order chi connectivity index (χ1) is 9.59. The largest absolute Gasteiger partial charge is 0.472 e. The van der Waals surface area contributed by atoms with Crippen LogP contribution in [0.4, 0.5) is 5.69 Å². The van der Waals surface area contributed by atoms with E-state index in [4.69, 9.17) is 15.9 Å². The maximum atomic E-state index is 10.9. The number of amidine groups is 1. The predicted octanol–water partition coefficient (Wildman–Crippen LogP) is 1.85. The van der Waals surface area contributed by atoms with Gasteiger partial charge in [-0.2, -0.15) is 0 Å². The third kappa shape index (κ3) is 2.89. The number of benzene rings is 1. The molecule has 7 heteroatoms. The number of pyridine rings is 1. The van der Waals surface area contributed by atoms with Gasteiger partial charge in [-0.3, -0.25) is 15.5 Å². The van der Waals surface area contributed by atoms with E-state index in [-0.39, 0.29) is 24.0 Å². The van der Waals surface area contributed by atoms with Crippen LogP contribution >= 0.6 is 0 Å². The average molecular weight is 272 g/mol. The van der Waals surface area contributed by atoms with Crippen molar-refractivity contribution in [2.75, 3.05) is 0 Å². The van der Waals surface area contributed by atoms with Crippen molar-refractivity contribution in [1.82, 2.24) is 4.98 Å². The summed E-state index contributed by atoms with van der Waals surface area (Å²) >= 11 is 0. The van der Waals surface area contributed by atoms with Crippen LogP contribution in [-0.4, -0.2) is 15.7 Å². The molecule has 0 atom stereocenters. The number of nitrogens with zero attached hydrogens (tertiary/aromatic N) is 2. The van der Waals surface area contributed by atoms with Gasteiger partial charge < -0.3 is 10.5 Å². The van der Waals surface area contributed by atoms with Crippen molar-refractivity contribution in [1.29, 1.82) is 5.41 Å². The number of hydrogen-bond donors (Lipinski definition) is 2. The van der Waals surface area contributed by atoms with Crippen LogP contribution in [0.1, 0.15) is 11.1 Å². The Labute approximate surface area is 114 Å². The average Bonchev–Trinajstić information content (AvgIpc) is 2.45. The summed E-state index contributed by atoms with van der Waals surface area (Å²) in [4.78, 5) is 14.4. The SMILES string of the molecule is N=C(N)c1cccnc1OCc1ccccc1[N+](=O)[O-]. The Bertz CT molecular complexity index is 600. The Morgan fingerprint density at radius 2 is 2.10 bits per heavy atom. The standard InChI is InChI=1S/C13H12N4O3/c14-12(15)10-5-3-7-16-13(10)20-8-9-4-1-2-6-11(9)17(18)19/h1-7H,8H2,(H3,14,15). The zero-order chi connectivity index (χ0) is 14.5. The van der Waals surface area contributed by atoms with Gasteiger partial charge in [0.2, 0.25) is 5.88 Å². The lowest BCUT2D eigenvalue weighted by molar-refractivity contribution is -0.385. The summed E-state index contributed by atoms with van der Waals surface area (Å²) in [7, 11) is 0. The van der Waals surface area contributed by atoms with E-state index in [0.29, 0.717) is 11.1 Å². The molecular formula is C13H12N4O3. The zero-order valence-corrected chi connectivity index (χ0v) is 10.4. The van der Waals surface area contributed by atoms with Crippen molar-refractivity contribution in [3.8, 4) is 5.88 Å². The quantitative estimate of drug-likeness (QED) is 0.373. The molecule has 0 radical (unpaired) electrons. The molecule has 1 aromatic heterocycles. The van der Waals surface area contributed by atoms with E-state index in [1.54, 1.807) is 30.3 Å². The summed E-state index contributed by atoms with van der Waals surface area (Å²) in [5.74, 6) is 0.00816. The molecule has 102 valence electrons. The smallest absolute Gasteiger partial charge is 0.276 e. The number of aromatic nitrogens is 1. The number of para-hydroxylation sites is 1. The van der Waals surface area contributed by atoms with Crippen molar-refractivity contribution >= 4 is 11.5 Å². The van der Waals surface area contributed by atoms with Gasteiger partial charge in [0.1, 0.15) is 12.4 Å². The second-order valence-electron chi connectivity index (χ2n) is 3.94. The Hall–Kier alpha value is -2.96. The number of nitrogen functional groups attached to an aromatic ring is 1. The van der Waals surface area contributed by atoms with Gasteiger partial charge in [0, 0.05) is 12.3 Å². The molecule has 0 fully saturated rings. The minimum absolute atomic E-state index is 0.0194. The molecule has 0 aliphatic heterocycles. The first-order valence-electron chi connectivity index (χ1n) is 5.74. The van der Waals surface area contributed by atoms with E-state index in [1.165, 1.54) is 12.3 Å². The molecule has 0 saturated heterocycles. The fourth-order valence-corrected chi connectivity index (χ4v) is 1.67. The van der Waals surface area contributed by atoms with E-state index in [1.807, 2.05) is 0 Å². The number of nitro benzene ring substituents is 1. The predicted molar refractivity (Wildman–Crippen MR) is 72.7 cm³/mol. The summed E-state index contributed by atoms with van der Waals surface area (Å²) in [5, 5.41) is 18.3. The van der Waals surface area contributed by atoms with Crippen LogP contribution in [0, 0.1) is 15.5 Å². The highest BCUT2D eigenvalue weighted by Gasteiger charge is 2.14. The molecule has 0 spiro atoms. The van der Waals surface area contributed by atoms with E-state index >= 15 is 0 Å². The maximum absolute atomic E-state index is 10.9. The van der Waals surface area contributed by atoms with E-state index in [2.05, 4.69) is 4.98 Å². The molecule has 0 amide bonds. The lowest BCUT2D eigenvalue weighted by Gasteiger charge is -2.09. The van der Waals surface area contributed by atoms with Crippen molar-refractivity contribution in [3.63, 3.8) is 0 Å². The number of rotatable bonds is 5. The van der Waals surface area contributed by atoms with Crippen LogP contribution in [-0.2, 0) is 6.61 Å². The van der Waals surface area contributed by atoms with Crippen LogP contribution in [0.15, 0.2) is 42.6 Å². The third-order valence-electron chi connectivity index (χ3n) is 2.61. The van der Waals surface area contributed by atoms with E-state index in [9.17, 15) is 10.1 Å². The number of nitrogens with two attached hydrogens (primary N) is 1. The minimum Gasteiger partial charge on any atom is -0.472 e. The van der Waals surface area contributed by atoms with Crippen LogP contribution in [0.3, 0.4) is 0 Å². The van der Waals surface area contributed by atoms with Crippen LogP contribution in [0.5, 0.6) is 5.88 Å². The van der Waals surface area contributed by atoms with Crippen molar-refractivity contribution in [2.45, 2.75) is 6.61 Å². The second kappa shape index (κ2) is 5.79. The molecular weight excluding hydrogens is 260 g/mol. The van der Waals surface area contributed by atoms with Gasteiger partial charge in [-0.25, -0.2) is 4.98 Å². The summed E-state index contributed by atoms with van der Waals surface area (Å²) in [5.41, 5.74) is 6.18. The van der Waals surface area contributed by atoms with Gasteiger partial charge in [0.05, 0.1) is 16.1 Å². The number of ether oxygens (including phenoxy) is 1. The molecule has 0 unspecified atom stereocenters. The summed E-state index contributed by atoms with van der Waals surface area (Å²) < 4.78 is 5.44. The molecule has 0 bridgehead atoms. The van der Waals surface area contributed by atoms with Gasteiger partial charge in [0.25, 0.3) is 5.69 Å². The van der Waals surface area contributed by atoms with Crippen LogP contribution in [0.25, 0.3) is 0 Å². The first kappa shape index (κ1) is 13.5. The van der Waals surface area contributed by atoms with E-state index < -0.39 is 4.92 Å². The van der Waals surface area contributed by atoms with Crippen molar-refractivity contribution in [2.24, 2.45) is 5.73 Å². The van der Waals surface area contributed by atoms with Gasteiger partial charge in [-0.1, -0.05) is 12.1 Å². The molecule has 0 aliphatic rings. The fraction of sp³-hybridized carbons (Fsp3) is 0.0769. The molecule has 1 aromatic carbocycles. The molecule has 0 aliphatic carbocycles. The monoisotopic (exact) mass is 272 g/mol. The Morgan fingerprint density at radius 3 is 2.80 bits per heavy atom. The number of hydrogen-bond acceptors (Lipinski definition) is 5. The second-order valence-corrected chi connectivity index (χ2v) is 3.94. The van der Waals surface area contributed by atoms with Gasteiger partial charge in [0.15, 0.2) is 0 Å². The van der Waals surface area contributed by atoms with Crippen molar-refractivity contribution < 1.29 is 9.66 Å². The highest BCUT2D eigenvalue weighted by Crippen LogP contribution is 2.21. The topological polar surface area (TPSA) is 115 Å². The molecule has 2 aromatic rings. The highest BCUT2D eigenvalue weighted by molar-refractivity contribution is 5.96. The van der Waals surface area contributed by atoms with Crippen LogP contribution < -0.4 is 10.5 Å². The van der Waals surface area contributed by atoms with Gasteiger partial charge in [-0.05, 0) is 18.2 Å². The zero-order valence-electron chi connectivity index (χ0n) is 10.4. The van der Waals surface area contributed by atoms with Crippen LogP contribution in [0.2, 0.25) is 0 Å². The van der Waals surface area contributed by atoms with E-state index in [0.717, 1.165) is 0 Å². The Balaban J connectivity index is 2.22. The lowest BCUT2D eigenvalue weighted by Crippen LogP contribution is -2.14. The number of nitro groups is 1. The minimum atomic E-state index is -0.469. The van der Waals surface area contributed by atoms with Gasteiger partial charge >= 0.3 is 0 Å². The molecule has 20 heavy (non-hydrogen) atoms. The molecule has 1 heterocycles. The maximum Gasteiger partial charge on any atom is 0.276 e. The number of nitrogens with one attached hydrogen (secondary N) is 1. The lowest BCUT2D eigenvalue weighted by atomic mass is 10.2. The summed E-state index contributed by atoms with van der Waals surface area (Å²) in [6, 6.07) is 9.52. The van der Waals surface area contributed by atoms with Crippen molar-refractivity contribution in [3.05, 3.63) is 63.8 Å². The van der Waals surface area contributed by atoms with Gasteiger partial charge in [-0.15, -0.1) is 0 Å². The fourth-order valence-electron chi connectivity index (χ4n) is 1.67. The summed E-state index contributed by atoms with van der Waals surface area (Å²) in [6.45, 7) is -0.0194. The summed E-state index contributed by atoms with van der Waals surface area (Å²) in [6.07, 6.45) is 1.50. The molecule has 7 nitrogen and oxygen atoms in total. The Morgan fingerprint density at radius 1 is 1.35 bits per heavy atom. The molecule has 0 saturated carbocycles. The third-order valence-corrected chi connectivity index (χ3v) is 2.61. The molecule has 3 N–H and O–H groups in total. The molecule has 2 rings (SSSR count). The normalized spacial score (nSPS) is 10.0. The first-order valence-corrected chi connectivity index (χ1v) is 5.74.